The number of nitrogens with zero attached hydrogens (tertiary/aromatic N) is 8. The Morgan fingerprint density at radius 1 is 1.19 bits per heavy atom. The molecule has 0 radical (unpaired) electrons. The lowest BCUT2D eigenvalue weighted by Gasteiger charge is -2.35. The van der Waals surface area contributed by atoms with Crippen molar-refractivity contribution in [3.63, 3.8) is 0 Å². The van der Waals surface area contributed by atoms with Gasteiger partial charge in [0.25, 0.3) is 0 Å². The van der Waals surface area contributed by atoms with Gasteiger partial charge < -0.3 is 19.9 Å². The third kappa shape index (κ3) is 6.51. The molecule has 4 heterocycles. The number of guanidine groups is 1. The number of anilines is 1. The van der Waals surface area contributed by atoms with E-state index < -0.39 is 0 Å². The van der Waals surface area contributed by atoms with Crippen LogP contribution >= 0.6 is 24.0 Å². The van der Waals surface area contributed by atoms with Crippen molar-refractivity contribution in [1.82, 2.24) is 34.9 Å². The van der Waals surface area contributed by atoms with Gasteiger partial charge in [0, 0.05) is 77.5 Å². The van der Waals surface area contributed by atoms with E-state index in [4.69, 9.17) is 4.74 Å². The Morgan fingerprint density at radius 3 is 2.66 bits per heavy atom. The predicted octanol–water partition coefficient (Wildman–Crippen LogP) is 0.989. The zero-order valence-corrected chi connectivity index (χ0v) is 21.3. The van der Waals surface area contributed by atoms with Crippen molar-refractivity contribution >= 4 is 35.9 Å². The van der Waals surface area contributed by atoms with Crippen molar-refractivity contribution in [3.8, 4) is 0 Å². The molecule has 32 heavy (non-hydrogen) atoms. The average Bonchev–Trinajstić information content (AvgIpc) is 3.26. The van der Waals surface area contributed by atoms with Crippen LogP contribution in [-0.4, -0.2) is 102 Å². The highest BCUT2D eigenvalue weighted by atomic mass is 127. The van der Waals surface area contributed by atoms with Crippen molar-refractivity contribution in [3.05, 3.63) is 36.4 Å². The predicted molar refractivity (Wildman–Crippen MR) is 136 cm³/mol. The molecule has 2 saturated heterocycles. The van der Waals surface area contributed by atoms with Crippen LogP contribution in [0.5, 0.6) is 0 Å². The molecule has 1 unspecified atom stereocenters. The number of nitrogens with one attached hydrogen (secondary N) is 1. The van der Waals surface area contributed by atoms with E-state index in [2.05, 4.69) is 40.1 Å². The number of aliphatic imine (C=N–C) groups is 1. The van der Waals surface area contributed by atoms with E-state index in [0.717, 1.165) is 76.3 Å². The van der Waals surface area contributed by atoms with Gasteiger partial charge in [-0.25, -0.2) is 9.97 Å². The molecule has 2 aliphatic heterocycles. The summed E-state index contributed by atoms with van der Waals surface area (Å²) >= 11 is 0. The molecule has 0 aliphatic carbocycles. The number of morpholine rings is 1. The van der Waals surface area contributed by atoms with Gasteiger partial charge in [0.15, 0.2) is 5.96 Å². The van der Waals surface area contributed by atoms with Crippen LogP contribution in [0.2, 0.25) is 0 Å². The smallest absolute Gasteiger partial charge is 0.225 e. The average molecular weight is 555 g/mol. The van der Waals surface area contributed by atoms with Crippen LogP contribution in [0.25, 0.3) is 0 Å². The molecule has 0 spiro atoms. The van der Waals surface area contributed by atoms with Gasteiger partial charge >= 0.3 is 0 Å². The summed E-state index contributed by atoms with van der Waals surface area (Å²) in [5, 5.41) is 7.80. The minimum atomic E-state index is 0. The summed E-state index contributed by atoms with van der Waals surface area (Å²) in [7, 11) is 3.78. The highest BCUT2D eigenvalue weighted by molar-refractivity contribution is 14.0. The minimum Gasteiger partial charge on any atom is -0.370 e. The van der Waals surface area contributed by atoms with Gasteiger partial charge in [0.1, 0.15) is 6.10 Å². The fourth-order valence-corrected chi connectivity index (χ4v) is 4.11. The molecule has 2 aliphatic rings. The third-order valence-corrected chi connectivity index (χ3v) is 5.82. The maximum absolute atomic E-state index is 5.95. The SMILES string of the molecule is CN=C(NCCCN1CCN(c2ncccn2)CC1)N1CCOC(c2cnn(C)c2)C1.I. The highest BCUT2D eigenvalue weighted by Gasteiger charge is 2.25. The number of ether oxygens (including phenoxy) is 1. The highest BCUT2D eigenvalue weighted by Crippen LogP contribution is 2.21. The van der Waals surface area contributed by atoms with E-state index in [9.17, 15) is 0 Å². The van der Waals surface area contributed by atoms with Gasteiger partial charge in [-0.3, -0.25) is 14.6 Å². The first kappa shape index (κ1) is 24.6. The fraction of sp³-hybridized carbons (Fsp3) is 0.619. The van der Waals surface area contributed by atoms with Crippen molar-refractivity contribution in [2.45, 2.75) is 12.5 Å². The maximum atomic E-state index is 5.95. The number of aromatic nitrogens is 4. The van der Waals surface area contributed by atoms with Crippen LogP contribution in [0, 0.1) is 0 Å². The lowest BCUT2D eigenvalue weighted by molar-refractivity contribution is -0.00802. The molecule has 176 valence electrons. The Labute approximate surface area is 207 Å². The Balaban J connectivity index is 0.00000289. The molecule has 2 fully saturated rings. The second kappa shape index (κ2) is 12.3. The number of aryl methyl sites for hydroxylation is 1. The summed E-state index contributed by atoms with van der Waals surface area (Å²) < 4.78 is 7.77. The number of hydrogen-bond acceptors (Lipinski definition) is 7. The first-order valence-electron chi connectivity index (χ1n) is 11.0. The first-order valence-corrected chi connectivity index (χ1v) is 11.0. The van der Waals surface area contributed by atoms with E-state index in [1.165, 1.54) is 0 Å². The normalized spacial score (nSPS) is 20.2. The molecule has 0 saturated carbocycles. The quantitative estimate of drug-likeness (QED) is 0.245. The standard InChI is InChI=1S/C21H33N9O.HI/c1-22-20(30-13-14-31-19(17-30)18-15-26-27(2)16-18)23-7-4-8-28-9-11-29(12-10-28)21-24-5-3-6-25-21;/h3,5-6,15-16,19H,4,7-14,17H2,1-2H3,(H,22,23);1H. The van der Waals surface area contributed by atoms with Crippen LogP contribution in [0.3, 0.4) is 0 Å². The summed E-state index contributed by atoms with van der Waals surface area (Å²) in [6, 6.07) is 1.86. The Bertz CT molecular complexity index is 839. The van der Waals surface area contributed by atoms with Gasteiger partial charge in [0.05, 0.1) is 19.3 Å². The molecule has 0 aromatic carbocycles. The zero-order chi connectivity index (χ0) is 21.5. The van der Waals surface area contributed by atoms with Gasteiger partial charge in [0.2, 0.25) is 5.95 Å². The fourth-order valence-electron chi connectivity index (χ4n) is 4.11. The third-order valence-electron chi connectivity index (χ3n) is 5.82. The summed E-state index contributed by atoms with van der Waals surface area (Å²) in [6.45, 7) is 8.35. The monoisotopic (exact) mass is 555 g/mol. The van der Waals surface area contributed by atoms with Crippen LogP contribution in [0.1, 0.15) is 18.1 Å². The van der Waals surface area contributed by atoms with E-state index in [1.807, 2.05) is 37.2 Å². The largest absolute Gasteiger partial charge is 0.370 e. The Kier molecular flexibility index (Phi) is 9.48. The number of piperazine rings is 1. The second-order valence-electron chi connectivity index (χ2n) is 7.96. The number of hydrogen-bond donors (Lipinski definition) is 1. The topological polar surface area (TPSA) is 86.9 Å². The molecule has 2 aromatic heterocycles. The molecule has 1 atom stereocenters. The van der Waals surface area contributed by atoms with Crippen LogP contribution in [0.4, 0.5) is 5.95 Å². The molecule has 4 rings (SSSR count). The summed E-state index contributed by atoms with van der Waals surface area (Å²) in [6.07, 6.45) is 8.63. The van der Waals surface area contributed by atoms with E-state index in [1.54, 1.807) is 12.4 Å². The minimum absolute atomic E-state index is 0. The van der Waals surface area contributed by atoms with E-state index in [0.29, 0.717) is 6.61 Å². The van der Waals surface area contributed by atoms with E-state index in [-0.39, 0.29) is 30.1 Å². The Hall–Kier alpha value is -1.99. The summed E-state index contributed by atoms with van der Waals surface area (Å²) in [5.41, 5.74) is 1.11. The van der Waals surface area contributed by atoms with Gasteiger partial charge in [-0.2, -0.15) is 5.10 Å². The zero-order valence-electron chi connectivity index (χ0n) is 18.9. The van der Waals surface area contributed by atoms with Gasteiger partial charge in [-0.05, 0) is 19.0 Å². The molecular formula is C21H34IN9O. The molecule has 10 nitrogen and oxygen atoms in total. The molecular weight excluding hydrogens is 521 g/mol. The van der Waals surface area contributed by atoms with Crippen molar-refractivity contribution < 1.29 is 4.74 Å². The molecule has 0 amide bonds. The second-order valence-corrected chi connectivity index (χ2v) is 7.96. The molecule has 1 N–H and O–H groups in total. The molecule has 0 bridgehead atoms. The van der Waals surface area contributed by atoms with Crippen molar-refractivity contribution in [2.75, 3.05) is 70.9 Å². The lowest BCUT2D eigenvalue weighted by atomic mass is 10.1. The number of rotatable bonds is 6. The van der Waals surface area contributed by atoms with Gasteiger partial charge in [-0.15, -0.1) is 24.0 Å². The van der Waals surface area contributed by atoms with Gasteiger partial charge in [-0.1, -0.05) is 0 Å². The van der Waals surface area contributed by atoms with E-state index >= 15 is 0 Å². The lowest BCUT2D eigenvalue weighted by Crippen LogP contribution is -2.49. The van der Waals surface area contributed by atoms with Crippen molar-refractivity contribution in [1.29, 1.82) is 0 Å². The van der Waals surface area contributed by atoms with Crippen molar-refractivity contribution in [2.24, 2.45) is 12.0 Å². The van der Waals surface area contributed by atoms with Crippen LogP contribution < -0.4 is 10.2 Å². The van der Waals surface area contributed by atoms with Crippen LogP contribution in [0.15, 0.2) is 35.8 Å². The Morgan fingerprint density at radius 2 is 1.97 bits per heavy atom. The first-order chi connectivity index (χ1) is 15.2. The number of halogens is 1. The maximum Gasteiger partial charge on any atom is 0.225 e. The molecule has 11 heteroatoms. The summed E-state index contributed by atoms with van der Waals surface area (Å²) in [5.74, 6) is 1.78. The summed E-state index contributed by atoms with van der Waals surface area (Å²) in [4.78, 5) is 20.3. The molecule has 2 aromatic rings. The van der Waals surface area contributed by atoms with Crippen LogP contribution in [-0.2, 0) is 11.8 Å².